The van der Waals surface area contributed by atoms with Crippen LogP contribution in [0.2, 0.25) is 0 Å². The molecule has 0 aliphatic carbocycles. The van der Waals surface area contributed by atoms with Gasteiger partial charge in [0.1, 0.15) is 11.9 Å². The maximum Gasteiger partial charge on any atom is 0.119 e. The second-order valence-electron chi connectivity index (χ2n) is 5.16. The molecule has 0 N–H and O–H groups in total. The second-order valence-corrected chi connectivity index (χ2v) is 5.16. The van der Waals surface area contributed by atoms with Gasteiger partial charge in [-0.25, -0.2) is 0 Å². The molecule has 0 aliphatic heterocycles. The molecule has 0 amide bonds. The van der Waals surface area contributed by atoms with Crippen LogP contribution in [0.4, 0.5) is 0 Å². The molecule has 2 heteroatoms. The first-order chi connectivity index (χ1) is 7.43. The van der Waals surface area contributed by atoms with E-state index < -0.39 is 0 Å². The van der Waals surface area contributed by atoms with Gasteiger partial charge < -0.3 is 9.47 Å². The maximum absolute atomic E-state index is 5.70. The van der Waals surface area contributed by atoms with Crippen LogP contribution in [-0.4, -0.2) is 19.8 Å². The van der Waals surface area contributed by atoms with E-state index >= 15 is 0 Å². The van der Waals surface area contributed by atoms with Crippen LogP contribution in [0.1, 0.15) is 33.3 Å². The average Bonchev–Trinajstić information content (AvgIpc) is 2.17. The molecule has 0 heterocycles. The highest BCUT2D eigenvalue weighted by molar-refractivity contribution is 5.31. The van der Waals surface area contributed by atoms with Crippen LogP contribution in [0.5, 0.6) is 5.75 Å². The Kier molecular flexibility index (Phi) is 4.36. The lowest BCUT2D eigenvalue weighted by atomic mass is 9.87. The molecule has 1 aromatic carbocycles. The smallest absolute Gasteiger partial charge is 0.119 e. The molecular formula is C14H22O2. The van der Waals surface area contributed by atoms with Crippen LogP contribution < -0.4 is 4.74 Å². The molecule has 90 valence electrons. The van der Waals surface area contributed by atoms with E-state index in [9.17, 15) is 0 Å². The maximum atomic E-state index is 5.70. The molecule has 0 spiro atoms. The van der Waals surface area contributed by atoms with E-state index in [0.717, 1.165) is 5.75 Å². The van der Waals surface area contributed by atoms with Crippen LogP contribution in [0.25, 0.3) is 0 Å². The van der Waals surface area contributed by atoms with Crippen LogP contribution in [-0.2, 0) is 10.2 Å². The summed E-state index contributed by atoms with van der Waals surface area (Å²) in [4.78, 5) is 0. The Morgan fingerprint density at radius 2 is 1.69 bits per heavy atom. The third-order valence-electron chi connectivity index (χ3n) is 2.46. The zero-order chi connectivity index (χ0) is 12.2. The van der Waals surface area contributed by atoms with Crippen molar-refractivity contribution in [3.63, 3.8) is 0 Å². The van der Waals surface area contributed by atoms with Crippen LogP contribution in [0.15, 0.2) is 24.3 Å². The molecule has 0 radical (unpaired) electrons. The van der Waals surface area contributed by atoms with Crippen LogP contribution >= 0.6 is 0 Å². The van der Waals surface area contributed by atoms with E-state index in [0.29, 0.717) is 6.61 Å². The highest BCUT2D eigenvalue weighted by Gasteiger charge is 2.13. The summed E-state index contributed by atoms with van der Waals surface area (Å²) in [7, 11) is 1.68. The highest BCUT2D eigenvalue weighted by atomic mass is 16.5. The Morgan fingerprint density at radius 3 is 2.12 bits per heavy atom. The van der Waals surface area contributed by atoms with Crippen molar-refractivity contribution in [3.8, 4) is 5.75 Å². The number of rotatable bonds is 4. The quantitative estimate of drug-likeness (QED) is 0.777. The highest BCUT2D eigenvalue weighted by Crippen LogP contribution is 2.24. The summed E-state index contributed by atoms with van der Waals surface area (Å²) in [6.45, 7) is 9.23. The van der Waals surface area contributed by atoms with E-state index in [1.807, 2.05) is 19.1 Å². The normalized spacial score (nSPS) is 13.6. The lowest BCUT2D eigenvalue weighted by molar-refractivity contribution is 0.0920. The van der Waals surface area contributed by atoms with E-state index in [2.05, 4.69) is 32.9 Å². The summed E-state index contributed by atoms with van der Waals surface area (Å²) in [5, 5.41) is 0. The molecule has 0 fully saturated rings. The molecular weight excluding hydrogens is 200 g/mol. The summed E-state index contributed by atoms with van der Waals surface area (Å²) in [5.41, 5.74) is 1.51. The fraction of sp³-hybridized carbons (Fsp3) is 0.571. The zero-order valence-electron chi connectivity index (χ0n) is 10.9. The fourth-order valence-electron chi connectivity index (χ4n) is 1.53. The number of hydrogen-bond donors (Lipinski definition) is 0. The van der Waals surface area contributed by atoms with Gasteiger partial charge in [-0.05, 0) is 30.0 Å². The molecule has 1 rings (SSSR count). The van der Waals surface area contributed by atoms with Crippen LogP contribution in [0, 0.1) is 0 Å². The Morgan fingerprint density at radius 1 is 1.12 bits per heavy atom. The summed E-state index contributed by atoms with van der Waals surface area (Å²) in [5.74, 6) is 0.901. The van der Waals surface area contributed by atoms with E-state index in [1.165, 1.54) is 5.56 Å². The molecule has 1 unspecified atom stereocenters. The van der Waals surface area contributed by atoms with Crippen molar-refractivity contribution in [1.29, 1.82) is 0 Å². The third kappa shape index (κ3) is 3.86. The Hall–Kier alpha value is -1.02. The van der Waals surface area contributed by atoms with E-state index in [4.69, 9.17) is 9.47 Å². The summed E-state index contributed by atoms with van der Waals surface area (Å²) in [6.07, 6.45) is 0.0884. The molecule has 2 nitrogen and oxygen atoms in total. The van der Waals surface area contributed by atoms with Gasteiger partial charge in [0.2, 0.25) is 0 Å². The van der Waals surface area contributed by atoms with Gasteiger partial charge in [-0.2, -0.15) is 0 Å². The lowest BCUT2D eigenvalue weighted by Crippen LogP contribution is -2.18. The third-order valence-corrected chi connectivity index (χ3v) is 2.46. The van der Waals surface area contributed by atoms with Crippen LogP contribution in [0.3, 0.4) is 0 Å². The largest absolute Gasteiger partial charge is 0.488 e. The van der Waals surface area contributed by atoms with Gasteiger partial charge in [0, 0.05) is 7.11 Å². The van der Waals surface area contributed by atoms with Gasteiger partial charge in [0.15, 0.2) is 0 Å². The summed E-state index contributed by atoms with van der Waals surface area (Å²) < 4.78 is 10.7. The second kappa shape index (κ2) is 5.35. The molecule has 1 atom stereocenters. The standard InChI is InChI=1S/C14H22O2/c1-11(10-15-5)16-13-8-6-12(7-9-13)14(2,3)4/h6-9,11H,10H2,1-5H3. The minimum absolute atomic E-state index is 0.0884. The molecule has 0 aliphatic rings. The zero-order valence-corrected chi connectivity index (χ0v) is 10.9. The predicted molar refractivity (Wildman–Crippen MR) is 67.1 cm³/mol. The number of hydrogen-bond acceptors (Lipinski definition) is 2. The van der Waals surface area contributed by atoms with Gasteiger partial charge in [-0.1, -0.05) is 32.9 Å². The van der Waals surface area contributed by atoms with Gasteiger partial charge in [-0.3, -0.25) is 0 Å². The molecule has 1 aromatic rings. The van der Waals surface area contributed by atoms with Gasteiger partial charge >= 0.3 is 0 Å². The molecule has 0 saturated carbocycles. The number of benzene rings is 1. The van der Waals surface area contributed by atoms with Gasteiger partial charge in [0.05, 0.1) is 6.61 Å². The van der Waals surface area contributed by atoms with Crippen molar-refractivity contribution in [2.24, 2.45) is 0 Å². The van der Waals surface area contributed by atoms with Crippen molar-refractivity contribution in [2.75, 3.05) is 13.7 Å². The molecule has 0 aromatic heterocycles. The first kappa shape index (κ1) is 13.0. The van der Waals surface area contributed by atoms with Crippen molar-refractivity contribution in [2.45, 2.75) is 39.2 Å². The minimum Gasteiger partial charge on any atom is -0.488 e. The molecule has 0 saturated heterocycles. The Bertz CT molecular complexity index is 309. The van der Waals surface area contributed by atoms with E-state index in [-0.39, 0.29) is 11.5 Å². The van der Waals surface area contributed by atoms with Crippen molar-refractivity contribution in [3.05, 3.63) is 29.8 Å². The SMILES string of the molecule is COCC(C)Oc1ccc(C(C)(C)C)cc1. The Balaban J connectivity index is 2.65. The monoisotopic (exact) mass is 222 g/mol. The number of ether oxygens (including phenoxy) is 2. The lowest BCUT2D eigenvalue weighted by Gasteiger charge is -2.20. The number of methoxy groups -OCH3 is 1. The minimum atomic E-state index is 0.0884. The van der Waals surface area contributed by atoms with Crippen molar-refractivity contribution in [1.82, 2.24) is 0 Å². The van der Waals surface area contributed by atoms with Gasteiger partial charge in [0.25, 0.3) is 0 Å². The first-order valence-electron chi connectivity index (χ1n) is 5.69. The fourth-order valence-corrected chi connectivity index (χ4v) is 1.53. The molecule has 0 bridgehead atoms. The molecule has 16 heavy (non-hydrogen) atoms. The van der Waals surface area contributed by atoms with Crippen molar-refractivity contribution >= 4 is 0 Å². The first-order valence-corrected chi connectivity index (χ1v) is 5.69. The topological polar surface area (TPSA) is 18.5 Å². The summed E-state index contributed by atoms with van der Waals surface area (Å²) >= 11 is 0. The predicted octanol–water partition coefficient (Wildman–Crippen LogP) is 3.40. The van der Waals surface area contributed by atoms with Gasteiger partial charge in [-0.15, -0.1) is 0 Å². The van der Waals surface area contributed by atoms with Crippen molar-refractivity contribution < 1.29 is 9.47 Å². The summed E-state index contributed by atoms with van der Waals surface area (Å²) in [6, 6.07) is 8.28. The van der Waals surface area contributed by atoms with E-state index in [1.54, 1.807) is 7.11 Å². The Labute approximate surface area is 98.6 Å². The average molecular weight is 222 g/mol.